The van der Waals surface area contributed by atoms with Gasteiger partial charge in [0.25, 0.3) is 0 Å². The number of unbranched alkanes of at least 4 members (excludes halogenated alkanes) is 1. The SMILES string of the molecule is CCCc1c(OCCCCOc2cccc(-c3sc(=O)[nH]c3O)c2)ccc2c(CCc3ccccc3)coc12. The van der Waals surface area contributed by atoms with E-state index in [1.807, 2.05) is 36.6 Å². The molecule has 3 aromatic carbocycles. The second-order valence-corrected chi connectivity index (χ2v) is 10.5. The van der Waals surface area contributed by atoms with Crippen LogP contribution >= 0.6 is 11.3 Å². The molecule has 2 heterocycles. The van der Waals surface area contributed by atoms with Gasteiger partial charge in [0.2, 0.25) is 5.88 Å². The molecule has 0 aliphatic heterocycles. The molecule has 5 rings (SSSR count). The van der Waals surface area contributed by atoms with Crippen LogP contribution in [0, 0.1) is 0 Å². The standard InChI is InChI=1S/C32H33NO5S/c1-2-9-27-28(17-16-26-24(21-38-29(26)27)15-14-22-10-4-3-5-11-22)37-19-7-6-18-36-25-13-8-12-23(20-25)30-31(34)33-32(35)39-30/h3-5,8,10-13,16-17,20-21,34H,2,6-7,9,14-15,18-19H2,1H3,(H,33,35). The van der Waals surface area contributed by atoms with Gasteiger partial charge in [0.05, 0.1) is 24.4 Å². The number of rotatable bonds is 13. The van der Waals surface area contributed by atoms with Crippen LogP contribution in [0.4, 0.5) is 0 Å². The summed E-state index contributed by atoms with van der Waals surface area (Å²) >= 11 is 0.977. The smallest absolute Gasteiger partial charge is 0.307 e. The van der Waals surface area contributed by atoms with Crippen LogP contribution in [-0.4, -0.2) is 23.3 Å². The molecule has 0 saturated carbocycles. The molecule has 0 atom stereocenters. The minimum Gasteiger partial charge on any atom is -0.494 e. The van der Waals surface area contributed by atoms with Crippen molar-refractivity contribution in [2.24, 2.45) is 0 Å². The number of fused-ring (bicyclic) bond motifs is 1. The van der Waals surface area contributed by atoms with Gasteiger partial charge in [0.15, 0.2) is 0 Å². The molecule has 0 spiro atoms. The van der Waals surface area contributed by atoms with Crippen molar-refractivity contribution in [2.45, 2.75) is 45.4 Å². The lowest BCUT2D eigenvalue weighted by atomic mass is 10.0. The van der Waals surface area contributed by atoms with E-state index < -0.39 is 0 Å². The Hall–Kier alpha value is -3.97. The van der Waals surface area contributed by atoms with E-state index in [9.17, 15) is 9.90 Å². The van der Waals surface area contributed by atoms with Crippen LogP contribution in [0.1, 0.15) is 42.9 Å². The van der Waals surface area contributed by atoms with Crippen LogP contribution in [0.5, 0.6) is 17.4 Å². The zero-order valence-corrected chi connectivity index (χ0v) is 22.9. The Morgan fingerprint density at radius 3 is 2.51 bits per heavy atom. The maximum atomic E-state index is 11.5. The molecule has 2 aromatic heterocycles. The zero-order chi connectivity index (χ0) is 27.0. The predicted octanol–water partition coefficient (Wildman–Crippen LogP) is 7.53. The predicted molar refractivity (Wildman–Crippen MR) is 156 cm³/mol. The van der Waals surface area contributed by atoms with Gasteiger partial charge in [0, 0.05) is 16.5 Å². The Kier molecular flexibility index (Phi) is 8.68. The first-order chi connectivity index (χ1) is 19.1. The fourth-order valence-corrected chi connectivity index (χ4v) is 5.47. The van der Waals surface area contributed by atoms with Gasteiger partial charge < -0.3 is 19.0 Å². The van der Waals surface area contributed by atoms with Crippen LogP contribution in [0.2, 0.25) is 0 Å². The molecule has 5 aromatic rings. The van der Waals surface area contributed by atoms with Gasteiger partial charge in [-0.1, -0.05) is 67.1 Å². The number of aromatic amines is 1. The third kappa shape index (κ3) is 6.55. The maximum Gasteiger partial charge on any atom is 0.307 e. The number of H-pyrrole nitrogens is 1. The summed E-state index contributed by atoms with van der Waals surface area (Å²) in [7, 11) is 0. The maximum absolute atomic E-state index is 11.5. The molecular formula is C32H33NO5S. The van der Waals surface area contributed by atoms with Crippen LogP contribution < -0.4 is 14.3 Å². The molecule has 0 saturated heterocycles. The summed E-state index contributed by atoms with van der Waals surface area (Å²) in [6.07, 6.45) is 7.44. The largest absolute Gasteiger partial charge is 0.494 e. The van der Waals surface area contributed by atoms with Crippen molar-refractivity contribution in [1.82, 2.24) is 4.98 Å². The lowest BCUT2D eigenvalue weighted by molar-refractivity contribution is 0.265. The first-order valence-electron chi connectivity index (χ1n) is 13.5. The Labute approximate surface area is 231 Å². The van der Waals surface area contributed by atoms with Gasteiger partial charge in [-0.05, 0) is 67.5 Å². The molecule has 202 valence electrons. The monoisotopic (exact) mass is 543 g/mol. The first-order valence-corrected chi connectivity index (χ1v) is 14.3. The van der Waals surface area contributed by atoms with E-state index in [0.29, 0.717) is 23.8 Å². The molecule has 7 heteroatoms. The molecule has 6 nitrogen and oxygen atoms in total. The van der Waals surface area contributed by atoms with Crippen LogP contribution in [0.15, 0.2) is 82.2 Å². The Balaban J connectivity index is 1.14. The van der Waals surface area contributed by atoms with E-state index in [4.69, 9.17) is 13.9 Å². The Bertz CT molecular complexity index is 1570. The van der Waals surface area contributed by atoms with E-state index in [0.717, 1.165) is 72.3 Å². The first kappa shape index (κ1) is 26.6. The van der Waals surface area contributed by atoms with Crippen molar-refractivity contribution in [3.8, 4) is 27.8 Å². The number of furan rings is 1. The second-order valence-electron chi connectivity index (χ2n) is 9.54. The van der Waals surface area contributed by atoms with E-state index in [1.165, 1.54) is 16.5 Å². The molecule has 0 aliphatic carbocycles. The number of aromatic nitrogens is 1. The van der Waals surface area contributed by atoms with Crippen molar-refractivity contribution in [3.63, 3.8) is 0 Å². The van der Waals surface area contributed by atoms with E-state index in [1.54, 1.807) is 0 Å². The third-order valence-electron chi connectivity index (χ3n) is 6.70. The molecule has 0 fully saturated rings. The number of aryl methyl sites for hydroxylation is 3. The number of thiazole rings is 1. The molecular weight excluding hydrogens is 510 g/mol. The number of benzene rings is 3. The van der Waals surface area contributed by atoms with E-state index in [-0.39, 0.29) is 10.8 Å². The summed E-state index contributed by atoms with van der Waals surface area (Å²) in [5.74, 6) is 1.48. The van der Waals surface area contributed by atoms with Crippen molar-refractivity contribution in [2.75, 3.05) is 13.2 Å². The third-order valence-corrected chi connectivity index (χ3v) is 7.62. The van der Waals surface area contributed by atoms with E-state index >= 15 is 0 Å². The lowest BCUT2D eigenvalue weighted by Crippen LogP contribution is -2.04. The summed E-state index contributed by atoms with van der Waals surface area (Å²) in [6.45, 7) is 3.32. The summed E-state index contributed by atoms with van der Waals surface area (Å²) in [4.78, 5) is 14.1. The Morgan fingerprint density at radius 1 is 0.923 bits per heavy atom. The normalized spacial score (nSPS) is 11.2. The fraction of sp³-hybridized carbons (Fsp3) is 0.281. The van der Waals surface area contributed by atoms with E-state index in [2.05, 4.69) is 48.3 Å². The summed E-state index contributed by atoms with van der Waals surface area (Å²) in [5.41, 5.74) is 5.40. The number of aromatic hydroxyl groups is 1. The average Bonchev–Trinajstić information content (AvgIpc) is 3.53. The van der Waals surface area contributed by atoms with Crippen molar-refractivity contribution >= 4 is 22.3 Å². The van der Waals surface area contributed by atoms with Gasteiger partial charge in [-0.3, -0.25) is 9.78 Å². The van der Waals surface area contributed by atoms with Crippen molar-refractivity contribution < 1.29 is 19.0 Å². The summed E-state index contributed by atoms with van der Waals surface area (Å²) < 4.78 is 18.2. The molecule has 0 aliphatic rings. The topological polar surface area (TPSA) is 84.7 Å². The molecule has 0 bridgehead atoms. The molecule has 0 amide bonds. The fourth-order valence-electron chi connectivity index (χ4n) is 4.75. The number of hydrogen-bond acceptors (Lipinski definition) is 6. The van der Waals surface area contributed by atoms with Crippen molar-refractivity contribution in [1.29, 1.82) is 0 Å². The highest BCUT2D eigenvalue weighted by atomic mass is 32.1. The highest BCUT2D eigenvalue weighted by Crippen LogP contribution is 2.34. The minimum atomic E-state index is -0.286. The number of hydrogen-bond donors (Lipinski definition) is 2. The highest BCUT2D eigenvalue weighted by Gasteiger charge is 2.15. The van der Waals surface area contributed by atoms with Gasteiger partial charge in [-0.25, -0.2) is 0 Å². The lowest BCUT2D eigenvalue weighted by Gasteiger charge is -2.12. The quantitative estimate of drug-likeness (QED) is 0.150. The molecule has 0 unspecified atom stereocenters. The molecule has 2 N–H and O–H groups in total. The number of nitrogens with one attached hydrogen (secondary N) is 1. The highest BCUT2D eigenvalue weighted by molar-refractivity contribution is 7.13. The zero-order valence-electron chi connectivity index (χ0n) is 22.1. The minimum absolute atomic E-state index is 0.113. The average molecular weight is 544 g/mol. The van der Waals surface area contributed by atoms with Gasteiger partial charge in [0.1, 0.15) is 17.1 Å². The second kappa shape index (κ2) is 12.7. The van der Waals surface area contributed by atoms with Crippen LogP contribution in [0.25, 0.3) is 21.4 Å². The Morgan fingerprint density at radius 2 is 1.74 bits per heavy atom. The van der Waals surface area contributed by atoms with Gasteiger partial charge in [-0.2, -0.15) is 0 Å². The number of ether oxygens (including phenoxy) is 2. The summed E-state index contributed by atoms with van der Waals surface area (Å²) in [5, 5.41) is 11.1. The van der Waals surface area contributed by atoms with Gasteiger partial charge in [-0.15, -0.1) is 0 Å². The van der Waals surface area contributed by atoms with Gasteiger partial charge >= 0.3 is 4.87 Å². The summed E-state index contributed by atoms with van der Waals surface area (Å²) in [6, 6.07) is 22.2. The van der Waals surface area contributed by atoms with Crippen LogP contribution in [0.3, 0.4) is 0 Å². The molecule has 39 heavy (non-hydrogen) atoms. The van der Waals surface area contributed by atoms with Crippen LogP contribution in [-0.2, 0) is 19.3 Å². The van der Waals surface area contributed by atoms with Crippen molar-refractivity contribution in [3.05, 3.63) is 99.4 Å². The molecule has 0 radical (unpaired) electrons.